The Morgan fingerprint density at radius 1 is 0.292 bits per heavy atom. The van der Waals surface area contributed by atoms with Crippen LogP contribution in [0.3, 0.4) is 0 Å². The summed E-state index contributed by atoms with van der Waals surface area (Å²) < 4.78 is 0. The Hall–Kier alpha value is -10.7. The second-order valence-electron chi connectivity index (χ2n) is 24.8. The van der Waals surface area contributed by atoms with E-state index in [1.165, 1.54) is 50.1 Å². The summed E-state index contributed by atoms with van der Waals surface area (Å²) in [6.07, 6.45) is 6.47. The van der Waals surface area contributed by atoms with Crippen LogP contribution in [0.1, 0.15) is 188 Å². The Morgan fingerprint density at radius 3 is 0.775 bits per heavy atom. The largest absolute Gasteiger partial charge is 0.358 e. The molecule has 6 aromatic carbocycles. The van der Waals surface area contributed by atoms with Gasteiger partial charge in [-0.25, -0.2) is 0 Å². The van der Waals surface area contributed by atoms with E-state index in [1.54, 1.807) is 0 Å². The zero-order chi connectivity index (χ0) is 61.5. The maximum Gasteiger partial charge on any atom is 0.0761 e. The van der Waals surface area contributed by atoms with Crippen LogP contribution in [0, 0.1) is 77.1 Å². The van der Waals surface area contributed by atoms with Crippen LogP contribution in [0.15, 0.2) is 213 Å². The van der Waals surface area contributed by atoms with Crippen LogP contribution in [0.25, 0.3) is 16.7 Å². The minimum absolute atomic E-state index is 0.0137. The van der Waals surface area contributed by atoms with Crippen molar-refractivity contribution < 1.29 is 0 Å². The molecule has 6 aliphatic rings. The molecular weight excluding hydrogens is 1080 g/mol. The maximum absolute atomic E-state index is 4.99. The number of hydrogen-bond donors (Lipinski definition) is 3. The minimum atomic E-state index is -0.0182. The number of H-pyrrole nitrogens is 3. The SMILES string of the molecule is CC1=CC(C)=N/C1=C(/c1ccc(C#Cc2ccc3c(c2)C2c4ccc(C#Cc5ccc(/C(=C6/N=C(C)C=C6C)c6[nH]c(C)cc6C)cc5)cc4C3c3cc(C#Cc4ccc(/C(=C5\N=C(C)C=C5C)c5[nH]c(C)cc5C)cc4)ccc32)cc1)c1[nH]c(C)cc1C. The van der Waals surface area contributed by atoms with Crippen molar-refractivity contribution in [3.8, 4) is 35.5 Å². The van der Waals surface area contributed by atoms with Gasteiger partial charge in [-0.1, -0.05) is 90.1 Å². The fourth-order valence-electron chi connectivity index (χ4n) is 14.1. The molecule has 0 fully saturated rings. The van der Waals surface area contributed by atoms with Crippen molar-refractivity contribution >= 4 is 33.9 Å². The van der Waals surface area contributed by atoms with E-state index < -0.39 is 0 Å². The predicted molar refractivity (Wildman–Crippen MR) is 368 cm³/mol. The Kier molecular flexibility index (Phi) is 14.0. The third-order valence-electron chi connectivity index (χ3n) is 17.9. The number of hydrogen-bond acceptors (Lipinski definition) is 3. The molecule has 89 heavy (non-hydrogen) atoms. The first-order chi connectivity index (χ1) is 43.0. The number of aliphatic imine (C=N–C) groups is 3. The molecule has 9 aromatic rings. The van der Waals surface area contributed by atoms with Gasteiger partial charge in [0.2, 0.25) is 0 Å². The number of aromatic nitrogens is 3. The van der Waals surface area contributed by atoms with Crippen LogP contribution in [-0.2, 0) is 0 Å². The summed E-state index contributed by atoms with van der Waals surface area (Å²) in [4.78, 5) is 25.9. The average molecular weight is 1150 g/mol. The number of allylic oxidation sites excluding steroid dienone is 6. The van der Waals surface area contributed by atoms with Gasteiger partial charge in [0.15, 0.2) is 0 Å². The van der Waals surface area contributed by atoms with Crippen molar-refractivity contribution in [3.05, 3.63) is 332 Å². The number of nitrogens with zero attached hydrogens (tertiary/aromatic N) is 3. The highest BCUT2D eigenvalue weighted by atomic mass is 14.8. The van der Waals surface area contributed by atoms with E-state index >= 15 is 0 Å². The lowest BCUT2D eigenvalue weighted by atomic mass is 9.60. The van der Waals surface area contributed by atoms with Crippen molar-refractivity contribution in [2.45, 2.75) is 94.9 Å². The van der Waals surface area contributed by atoms with Gasteiger partial charge in [-0.15, -0.1) is 0 Å². The minimum Gasteiger partial charge on any atom is -0.358 e. The van der Waals surface area contributed by atoms with Crippen LogP contribution in [0.2, 0.25) is 0 Å². The summed E-state index contributed by atoms with van der Waals surface area (Å²) in [7, 11) is 0. The Morgan fingerprint density at radius 2 is 0.539 bits per heavy atom. The van der Waals surface area contributed by atoms with Crippen molar-refractivity contribution in [1.82, 2.24) is 15.0 Å². The van der Waals surface area contributed by atoms with Gasteiger partial charge in [-0.2, -0.15) is 0 Å². The maximum atomic E-state index is 4.99. The molecule has 0 saturated heterocycles. The van der Waals surface area contributed by atoms with Crippen LogP contribution in [0.5, 0.6) is 0 Å². The highest BCUT2D eigenvalue weighted by Crippen LogP contribution is 2.56. The monoisotopic (exact) mass is 1150 g/mol. The third kappa shape index (κ3) is 10.4. The van der Waals surface area contributed by atoms with E-state index in [0.717, 1.165) is 152 Å². The topological polar surface area (TPSA) is 84.4 Å². The molecule has 15 rings (SSSR count). The van der Waals surface area contributed by atoms with Crippen LogP contribution >= 0.6 is 0 Å². The van der Waals surface area contributed by atoms with Gasteiger partial charge in [0.05, 0.1) is 34.2 Å². The van der Waals surface area contributed by atoms with E-state index in [0.29, 0.717) is 0 Å². The molecule has 6 heterocycles. The summed E-state index contributed by atoms with van der Waals surface area (Å²) >= 11 is 0. The van der Waals surface area contributed by atoms with E-state index in [-0.39, 0.29) is 11.8 Å². The first-order valence-corrected chi connectivity index (χ1v) is 30.7. The fourth-order valence-corrected chi connectivity index (χ4v) is 14.1. The first kappa shape index (κ1) is 56.1. The third-order valence-corrected chi connectivity index (χ3v) is 17.9. The molecule has 2 atom stereocenters. The Labute approximate surface area is 523 Å². The Balaban J connectivity index is 0.798. The molecule has 3 aromatic heterocycles. The highest BCUT2D eigenvalue weighted by Gasteiger charge is 2.41. The van der Waals surface area contributed by atoms with Gasteiger partial charge < -0.3 is 15.0 Å². The summed E-state index contributed by atoms with van der Waals surface area (Å²) in [5.74, 6) is 21.4. The van der Waals surface area contributed by atoms with Gasteiger partial charge in [0.25, 0.3) is 0 Å². The van der Waals surface area contributed by atoms with Crippen LogP contribution in [0.4, 0.5) is 0 Å². The van der Waals surface area contributed by atoms with Gasteiger partial charge in [0, 0.05) is 96.2 Å². The highest BCUT2D eigenvalue weighted by molar-refractivity contribution is 6.03. The molecule has 0 saturated carbocycles. The quantitative estimate of drug-likeness (QED) is 0.139. The molecule has 0 amide bonds. The molecule has 2 unspecified atom stereocenters. The molecule has 0 radical (unpaired) electrons. The van der Waals surface area contributed by atoms with E-state index in [4.69, 9.17) is 15.0 Å². The van der Waals surface area contributed by atoms with Gasteiger partial charge >= 0.3 is 0 Å². The number of aromatic amines is 3. The second-order valence-corrected chi connectivity index (χ2v) is 24.8. The number of aryl methyl sites for hydroxylation is 6. The standard InChI is InChI=1S/C83H68N6/c1-46-37-52(7)84-78(46)73(79-47(2)38-53(8)85-79)64-28-19-58(20-29-64)13-16-61-27-36-69-70(43-61)76-67-34-25-62(17-14-59-21-30-65(31-22-59)74(80-48(3)39-54(9)86-80)81-49(4)40-55(10)87-81)44-71(67)77(69)72-45-63(26-35-68(72)76)18-15-60-23-32-66(33-24-60)75(82-50(5)41-56(11)88-82)83-51(6)42-57(12)89-83/h19-45,76-77,84,86,88H,1-12H3/b79-73-,81-74-,83-75+. The lowest BCUT2D eigenvalue weighted by Crippen LogP contribution is -2.27. The summed E-state index contributed by atoms with van der Waals surface area (Å²) in [6.45, 7) is 25.4. The van der Waals surface area contributed by atoms with Gasteiger partial charge in [-0.05, 0) is 276 Å². The molecule has 3 N–H and O–H groups in total. The molecule has 3 aliphatic carbocycles. The summed E-state index contributed by atoms with van der Waals surface area (Å²) in [5.41, 5.74) is 40.1. The molecule has 6 heteroatoms. The van der Waals surface area contributed by atoms with Gasteiger partial charge in [0.1, 0.15) is 0 Å². The number of benzene rings is 6. The lowest BCUT2D eigenvalue weighted by molar-refractivity contribution is 0.753. The lowest BCUT2D eigenvalue weighted by Gasteiger charge is -2.42. The zero-order valence-corrected chi connectivity index (χ0v) is 52.6. The summed E-state index contributed by atoms with van der Waals surface area (Å²) in [5, 5.41) is 0. The van der Waals surface area contributed by atoms with Crippen molar-refractivity contribution in [2.75, 3.05) is 0 Å². The molecule has 2 bridgehead atoms. The normalized spacial score (nSPS) is 17.5. The van der Waals surface area contributed by atoms with Crippen LogP contribution in [-0.4, -0.2) is 32.1 Å². The zero-order valence-electron chi connectivity index (χ0n) is 52.6. The molecule has 3 aliphatic heterocycles. The fraction of sp³-hybridized carbons (Fsp3) is 0.169. The van der Waals surface area contributed by atoms with Crippen molar-refractivity contribution in [2.24, 2.45) is 15.0 Å². The van der Waals surface area contributed by atoms with E-state index in [2.05, 4.69) is 297 Å². The van der Waals surface area contributed by atoms with Gasteiger partial charge in [-0.3, -0.25) is 15.0 Å². The Bertz CT molecular complexity index is 4840. The van der Waals surface area contributed by atoms with Crippen molar-refractivity contribution in [3.63, 3.8) is 0 Å². The van der Waals surface area contributed by atoms with E-state index in [9.17, 15) is 0 Å². The van der Waals surface area contributed by atoms with Crippen LogP contribution < -0.4 is 0 Å². The number of nitrogens with one attached hydrogen (secondary N) is 3. The second kappa shape index (κ2) is 22.2. The molecule has 6 nitrogen and oxygen atoms in total. The first-order valence-electron chi connectivity index (χ1n) is 30.7. The smallest absolute Gasteiger partial charge is 0.0761 e. The summed E-state index contributed by atoms with van der Waals surface area (Å²) in [6, 6.07) is 53.0. The van der Waals surface area contributed by atoms with E-state index in [1.807, 2.05) is 0 Å². The molecule has 0 spiro atoms. The molecule has 430 valence electrons. The number of rotatable bonds is 6. The average Bonchev–Trinajstić information content (AvgIpc) is 1.59. The predicted octanol–water partition coefficient (Wildman–Crippen LogP) is 18.2. The molecular formula is C83H68N6. The van der Waals surface area contributed by atoms with Crippen molar-refractivity contribution in [1.29, 1.82) is 0 Å².